The highest BCUT2D eigenvalue weighted by molar-refractivity contribution is 7.18. The second-order valence-electron chi connectivity index (χ2n) is 6.72. The van der Waals surface area contributed by atoms with Crippen LogP contribution in [0.2, 0.25) is 5.02 Å². The molecule has 2 aromatic heterocycles. The first-order valence-electron chi connectivity index (χ1n) is 9.55. The molecule has 1 aromatic carbocycles. The Hall–Kier alpha value is -3.37. The van der Waals surface area contributed by atoms with E-state index in [1.54, 1.807) is 38.2 Å². The van der Waals surface area contributed by atoms with Crippen molar-refractivity contribution in [2.24, 2.45) is 5.73 Å². The van der Waals surface area contributed by atoms with E-state index in [0.29, 0.717) is 16.3 Å². The van der Waals surface area contributed by atoms with E-state index in [1.165, 1.54) is 10.7 Å². The van der Waals surface area contributed by atoms with E-state index in [4.69, 9.17) is 26.8 Å². The maximum absolute atomic E-state index is 12.7. The molecule has 9 nitrogen and oxygen atoms in total. The van der Waals surface area contributed by atoms with E-state index >= 15 is 0 Å². The Bertz CT molecular complexity index is 1190. The number of halogens is 1. The first-order chi connectivity index (χ1) is 15.2. The molecule has 0 fully saturated rings. The number of hydrogen-bond acceptors (Lipinski definition) is 7. The second kappa shape index (κ2) is 9.84. The van der Waals surface area contributed by atoms with Crippen molar-refractivity contribution in [2.75, 3.05) is 11.9 Å². The number of rotatable bonds is 8. The molecule has 3 aromatic rings. The summed E-state index contributed by atoms with van der Waals surface area (Å²) in [4.78, 5) is 36.9. The van der Waals surface area contributed by atoms with Gasteiger partial charge in [0.1, 0.15) is 10.8 Å². The molecule has 0 aliphatic heterocycles. The van der Waals surface area contributed by atoms with E-state index in [1.807, 2.05) is 6.92 Å². The quantitative estimate of drug-likeness (QED) is 0.476. The molecule has 11 heteroatoms. The van der Waals surface area contributed by atoms with Crippen LogP contribution in [-0.4, -0.2) is 34.2 Å². The minimum absolute atomic E-state index is 0.0771. The SMILES string of the molecule is CCOC(=O)c1c(NC(=O)c2ccn(COc3ccc(Cl)cc3C)n2)sc(C(N)=O)c1C. The van der Waals surface area contributed by atoms with E-state index < -0.39 is 17.8 Å². The number of benzene rings is 1. The van der Waals surface area contributed by atoms with Crippen LogP contribution in [0.3, 0.4) is 0 Å². The molecule has 0 saturated carbocycles. The van der Waals surface area contributed by atoms with Crippen molar-refractivity contribution >= 4 is 45.7 Å². The first-order valence-corrected chi connectivity index (χ1v) is 10.7. The van der Waals surface area contributed by atoms with Crippen molar-refractivity contribution in [1.82, 2.24) is 9.78 Å². The second-order valence-corrected chi connectivity index (χ2v) is 8.18. The molecule has 0 aliphatic carbocycles. The predicted octanol–water partition coefficient (Wildman–Crippen LogP) is 3.78. The highest BCUT2D eigenvalue weighted by atomic mass is 35.5. The van der Waals surface area contributed by atoms with Crippen LogP contribution in [0.4, 0.5) is 5.00 Å². The van der Waals surface area contributed by atoms with Gasteiger partial charge in [0, 0.05) is 11.2 Å². The van der Waals surface area contributed by atoms with Gasteiger partial charge >= 0.3 is 5.97 Å². The predicted molar refractivity (Wildman–Crippen MR) is 121 cm³/mol. The fourth-order valence-corrected chi connectivity index (χ4v) is 4.19. The van der Waals surface area contributed by atoms with Gasteiger partial charge in [-0.05, 0) is 56.2 Å². The maximum atomic E-state index is 12.7. The summed E-state index contributed by atoms with van der Waals surface area (Å²) in [6.07, 6.45) is 1.58. The summed E-state index contributed by atoms with van der Waals surface area (Å²) in [7, 11) is 0. The maximum Gasteiger partial charge on any atom is 0.341 e. The molecular weight excluding hydrogens is 456 g/mol. The van der Waals surface area contributed by atoms with Crippen LogP contribution < -0.4 is 15.8 Å². The van der Waals surface area contributed by atoms with Gasteiger partial charge in [-0.3, -0.25) is 9.59 Å². The van der Waals surface area contributed by atoms with Crippen LogP contribution in [-0.2, 0) is 11.5 Å². The summed E-state index contributed by atoms with van der Waals surface area (Å²) in [5.41, 5.74) is 6.81. The number of primary amides is 1. The lowest BCUT2D eigenvalue weighted by molar-refractivity contribution is 0.0527. The van der Waals surface area contributed by atoms with Gasteiger partial charge in [-0.25, -0.2) is 9.48 Å². The van der Waals surface area contributed by atoms with Crippen LogP contribution in [0.15, 0.2) is 30.5 Å². The van der Waals surface area contributed by atoms with Crippen LogP contribution in [0.5, 0.6) is 5.75 Å². The lowest BCUT2D eigenvalue weighted by Gasteiger charge is -2.09. The normalized spacial score (nSPS) is 10.6. The zero-order valence-corrected chi connectivity index (χ0v) is 19.2. The van der Waals surface area contributed by atoms with Gasteiger partial charge in [-0.2, -0.15) is 5.10 Å². The molecule has 3 rings (SSSR count). The Labute approximate surface area is 193 Å². The number of thiophene rings is 1. The number of ether oxygens (including phenoxy) is 2. The molecule has 32 heavy (non-hydrogen) atoms. The van der Waals surface area contributed by atoms with Crippen molar-refractivity contribution in [2.45, 2.75) is 27.5 Å². The Balaban J connectivity index is 1.75. The lowest BCUT2D eigenvalue weighted by Crippen LogP contribution is -2.16. The average molecular weight is 477 g/mol. The van der Waals surface area contributed by atoms with Crippen molar-refractivity contribution < 1.29 is 23.9 Å². The number of nitrogens with two attached hydrogens (primary N) is 1. The smallest absolute Gasteiger partial charge is 0.341 e. The molecule has 3 N–H and O–H groups in total. The Morgan fingerprint density at radius 3 is 2.66 bits per heavy atom. The zero-order chi connectivity index (χ0) is 23.4. The van der Waals surface area contributed by atoms with Crippen LogP contribution in [0.1, 0.15) is 48.6 Å². The summed E-state index contributed by atoms with van der Waals surface area (Å²) in [5.74, 6) is -1.27. The fraction of sp³-hybridized carbons (Fsp3) is 0.238. The third kappa shape index (κ3) is 5.09. The van der Waals surface area contributed by atoms with Gasteiger partial charge in [0.2, 0.25) is 0 Å². The number of nitrogens with one attached hydrogen (secondary N) is 1. The van der Waals surface area contributed by atoms with Gasteiger partial charge in [-0.1, -0.05) is 11.6 Å². The molecule has 0 unspecified atom stereocenters. The first kappa shape index (κ1) is 23.3. The molecule has 2 amide bonds. The zero-order valence-electron chi connectivity index (χ0n) is 17.6. The topological polar surface area (TPSA) is 126 Å². The minimum atomic E-state index is -0.697. The van der Waals surface area contributed by atoms with E-state index in [-0.39, 0.29) is 34.5 Å². The van der Waals surface area contributed by atoms with Gasteiger partial charge in [0.15, 0.2) is 12.4 Å². The molecule has 0 radical (unpaired) electrons. The highest BCUT2D eigenvalue weighted by Gasteiger charge is 2.26. The molecule has 0 aliphatic rings. The standard InChI is InChI=1S/C21H21ClN4O5S/c1-4-30-21(29)16-12(3)17(18(23)27)32-20(16)24-19(28)14-7-8-26(25-14)10-31-15-6-5-13(22)9-11(15)2/h5-9H,4,10H2,1-3H3,(H2,23,27)(H,24,28). The van der Waals surface area contributed by atoms with E-state index in [2.05, 4.69) is 10.4 Å². The van der Waals surface area contributed by atoms with Crippen LogP contribution in [0, 0.1) is 13.8 Å². The van der Waals surface area contributed by atoms with Gasteiger partial charge in [0.25, 0.3) is 11.8 Å². The number of hydrogen-bond donors (Lipinski definition) is 2. The summed E-state index contributed by atoms with van der Waals surface area (Å²) in [5, 5.41) is 7.60. The molecule has 168 valence electrons. The number of anilines is 1. The van der Waals surface area contributed by atoms with Crippen molar-refractivity contribution in [3.05, 3.63) is 62.7 Å². The number of carbonyl (C=O) groups excluding carboxylic acids is 3. The monoisotopic (exact) mass is 476 g/mol. The van der Waals surface area contributed by atoms with Crippen molar-refractivity contribution in [3.8, 4) is 5.75 Å². The van der Waals surface area contributed by atoms with E-state index in [0.717, 1.165) is 16.9 Å². The van der Waals surface area contributed by atoms with Crippen molar-refractivity contribution in [3.63, 3.8) is 0 Å². The number of nitrogens with zero attached hydrogens (tertiary/aromatic N) is 2. The molecular formula is C21H21ClN4O5S. The molecule has 0 saturated heterocycles. The Kier molecular flexibility index (Phi) is 7.16. The van der Waals surface area contributed by atoms with Crippen LogP contribution >= 0.6 is 22.9 Å². The molecule has 0 atom stereocenters. The van der Waals surface area contributed by atoms with Crippen molar-refractivity contribution in [1.29, 1.82) is 0 Å². The number of carbonyl (C=O) groups is 3. The number of aryl methyl sites for hydroxylation is 1. The highest BCUT2D eigenvalue weighted by Crippen LogP contribution is 2.33. The third-order valence-electron chi connectivity index (χ3n) is 4.44. The van der Waals surface area contributed by atoms with Crippen LogP contribution in [0.25, 0.3) is 0 Å². The third-order valence-corrected chi connectivity index (χ3v) is 5.90. The van der Waals surface area contributed by atoms with Gasteiger partial charge in [-0.15, -0.1) is 11.3 Å². The number of esters is 1. The molecule has 0 bridgehead atoms. The summed E-state index contributed by atoms with van der Waals surface area (Å²) in [6.45, 7) is 5.32. The van der Waals surface area contributed by atoms with E-state index in [9.17, 15) is 14.4 Å². The summed E-state index contributed by atoms with van der Waals surface area (Å²) >= 11 is 6.86. The molecule has 0 spiro atoms. The summed E-state index contributed by atoms with van der Waals surface area (Å²) < 4.78 is 12.2. The van der Waals surface area contributed by atoms with Gasteiger partial charge < -0.3 is 20.5 Å². The molecule has 2 heterocycles. The fourth-order valence-electron chi connectivity index (χ4n) is 2.92. The summed E-state index contributed by atoms with van der Waals surface area (Å²) in [6, 6.07) is 6.76. The lowest BCUT2D eigenvalue weighted by atomic mass is 10.1. The number of amides is 2. The van der Waals surface area contributed by atoms with Gasteiger partial charge in [0.05, 0.1) is 17.0 Å². The number of aromatic nitrogens is 2. The largest absolute Gasteiger partial charge is 0.471 e. The minimum Gasteiger partial charge on any atom is -0.471 e. The Morgan fingerprint density at radius 2 is 2.00 bits per heavy atom. The average Bonchev–Trinajstić information content (AvgIpc) is 3.32. The Morgan fingerprint density at radius 1 is 1.25 bits per heavy atom.